The molecule has 2 aromatic carbocycles. The molecule has 0 bridgehead atoms. The second kappa shape index (κ2) is 8.63. The fourth-order valence-electron chi connectivity index (χ4n) is 6.36. The predicted molar refractivity (Wildman–Crippen MR) is 133 cm³/mol. The standard InChI is InChI=1S/C28H31N3O4/c1-34-18-12-13-20(24(14-18)35-2)27-26-21(19-10-6-7-11-22(19)29-26)15-23-28(33)30(16-25(32)31(23)27)17-8-4-3-5-9-17/h6-7,10-14,17,23,27,29H,3-5,8-9,15-16H2,1-2H3/t23-,27?/m0/s1. The van der Waals surface area contributed by atoms with E-state index in [1.54, 1.807) is 14.2 Å². The van der Waals surface area contributed by atoms with Gasteiger partial charge in [-0.3, -0.25) is 9.59 Å². The lowest BCUT2D eigenvalue weighted by Gasteiger charge is -2.49. The van der Waals surface area contributed by atoms with Crippen molar-refractivity contribution in [1.29, 1.82) is 0 Å². The summed E-state index contributed by atoms with van der Waals surface area (Å²) in [5, 5.41) is 1.11. The van der Waals surface area contributed by atoms with Crippen LogP contribution in [0.4, 0.5) is 0 Å². The number of carbonyl (C=O) groups excluding carboxylic acids is 2. The highest BCUT2D eigenvalue weighted by Gasteiger charge is 2.50. The van der Waals surface area contributed by atoms with Crippen LogP contribution >= 0.6 is 0 Å². The monoisotopic (exact) mass is 473 g/mol. The van der Waals surface area contributed by atoms with E-state index in [0.717, 1.165) is 53.4 Å². The Hall–Kier alpha value is -3.48. The fraction of sp³-hybridized carbons (Fsp3) is 0.429. The van der Waals surface area contributed by atoms with Gasteiger partial charge in [-0.1, -0.05) is 37.5 Å². The molecule has 1 N–H and O–H groups in total. The number of H-pyrrole nitrogens is 1. The molecular weight excluding hydrogens is 442 g/mol. The Balaban J connectivity index is 1.51. The van der Waals surface area contributed by atoms with Gasteiger partial charge in [0, 0.05) is 40.7 Å². The molecule has 0 spiro atoms. The Labute approximate surface area is 205 Å². The van der Waals surface area contributed by atoms with Gasteiger partial charge in [-0.15, -0.1) is 0 Å². The summed E-state index contributed by atoms with van der Waals surface area (Å²) in [6.07, 6.45) is 5.94. The number of amides is 2. The van der Waals surface area contributed by atoms with Gasteiger partial charge >= 0.3 is 0 Å². The minimum Gasteiger partial charge on any atom is -0.497 e. The molecule has 2 aliphatic heterocycles. The Morgan fingerprint density at radius 3 is 2.54 bits per heavy atom. The minimum atomic E-state index is -0.526. The summed E-state index contributed by atoms with van der Waals surface area (Å²) in [4.78, 5) is 35.1. The smallest absolute Gasteiger partial charge is 0.246 e. The van der Waals surface area contributed by atoms with Crippen molar-refractivity contribution in [3.63, 3.8) is 0 Å². The largest absolute Gasteiger partial charge is 0.497 e. The van der Waals surface area contributed by atoms with Gasteiger partial charge in [-0.2, -0.15) is 0 Å². The zero-order valence-corrected chi connectivity index (χ0v) is 20.3. The average Bonchev–Trinajstić information content (AvgIpc) is 3.28. The number of methoxy groups -OCH3 is 2. The molecule has 182 valence electrons. The van der Waals surface area contributed by atoms with E-state index in [4.69, 9.17) is 9.47 Å². The van der Waals surface area contributed by atoms with Crippen LogP contribution in [0.1, 0.15) is 55.0 Å². The van der Waals surface area contributed by atoms with Gasteiger partial charge in [0.15, 0.2) is 0 Å². The number of nitrogens with one attached hydrogen (secondary N) is 1. The van der Waals surface area contributed by atoms with Crippen molar-refractivity contribution in [1.82, 2.24) is 14.8 Å². The third-order valence-electron chi connectivity index (χ3n) is 8.04. The molecule has 35 heavy (non-hydrogen) atoms. The number of para-hydroxylation sites is 1. The van der Waals surface area contributed by atoms with E-state index in [1.165, 1.54) is 6.42 Å². The average molecular weight is 474 g/mol. The lowest BCUT2D eigenvalue weighted by Crippen LogP contribution is -2.65. The summed E-state index contributed by atoms with van der Waals surface area (Å²) in [5.74, 6) is 1.38. The number of piperazine rings is 1. The maximum absolute atomic E-state index is 14.0. The van der Waals surface area contributed by atoms with Gasteiger partial charge in [0.05, 0.1) is 14.2 Å². The number of ether oxygens (including phenoxy) is 2. The van der Waals surface area contributed by atoms with Gasteiger partial charge in [0.2, 0.25) is 11.8 Å². The van der Waals surface area contributed by atoms with E-state index in [9.17, 15) is 9.59 Å². The van der Waals surface area contributed by atoms with E-state index in [-0.39, 0.29) is 24.4 Å². The maximum Gasteiger partial charge on any atom is 0.246 e. The first-order valence-electron chi connectivity index (χ1n) is 12.5. The third-order valence-corrected chi connectivity index (χ3v) is 8.04. The number of fused-ring (bicyclic) bond motifs is 4. The highest BCUT2D eigenvalue weighted by Crippen LogP contribution is 2.46. The molecule has 2 fully saturated rings. The van der Waals surface area contributed by atoms with Crippen molar-refractivity contribution in [3.8, 4) is 11.5 Å². The number of aromatic amines is 1. The van der Waals surface area contributed by atoms with Crippen LogP contribution in [0.15, 0.2) is 42.5 Å². The number of carbonyl (C=O) groups is 2. The number of aromatic nitrogens is 1. The van der Waals surface area contributed by atoms with E-state index >= 15 is 0 Å². The first-order valence-corrected chi connectivity index (χ1v) is 12.5. The van der Waals surface area contributed by atoms with E-state index in [2.05, 4.69) is 11.1 Å². The number of hydrogen-bond donors (Lipinski definition) is 1. The first kappa shape index (κ1) is 22.0. The summed E-state index contributed by atoms with van der Waals surface area (Å²) in [6, 6.07) is 13.0. The van der Waals surface area contributed by atoms with Crippen molar-refractivity contribution in [2.75, 3.05) is 20.8 Å². The van der Waals surface area contributed by atoms with E-state index in [0.29, 0.717) is 17.9 Å². The molecule has 7 nitrogen and oxygen atoms in total. The lowest BCUT2D eigenvalue weighted by molar-refractivity contribution is -0.161. The first-order chi connectivity index (χ1) is 17.1. The van der Waals surface area contributed by atoms with Crippen LogP contribution in [0.25, 0.3) is 10.9 Å². The van der Waals surface area contributed by atoms with Gasteiger partial charge < -0.3 is 24.3 Å². The molecule has 6 rings (SSSR count). The van der Waals surface area contributed by atoms with Crippen molar-refractivity contribution < 1.29 is 19.1 Å². The Morgan fingerprint density at radius 1 is 0.971 bits per heavy atom. The topological polar surface area (TPSA) is 74.9 Å². The molecule has 7 heteroatoms. The molecule has 1 saturated heterocycles. The fourth-order valence-corrected chi connectivity index (χ4v) is 6.36. The van der Waals surface area contributed by atoms with Crippen molar-refractivity contribution in [2.45, 2.75) is 56.7 Å². The lowest BCUT2D eigenvalue weighted by atomic mass is 9.84. The molecule has 2 atom stereocenters. The van der Waals surface area contributed by atoms with Crippen LogP contribution in [0.5, 0.6) is 11.5 Å². The molecule has 1 aliphatic carbocycles. The normalized spacial score (nSPS) is 22.8. The van der Waals surface area contributed by atoms with Crippen LogP contribution in [-0.2, 0) is 16.0 Å². The molecule has 1 aromatic heterocycles. The highest BCUT2D eigenvalue weighted by molar-refractivity contribution is 5.98. The third kappa shape index (κ3) is 3.48. The second-order valence-corrected chi connectivity index (χ2v) is 9.85. The maximum atomic E-state index is 14.0. The Kier molecular flexibility index (Phi) is 5.43. The zero-order chi connectivity index (χ0) is 24.1. The second-order valence-electron chi connectivity index (χ2n) is 9.85. The van der Waals surface area contributed by atoms with Crippen molar-refractivity contribution in [2.24, 2.45) is 0 Å². The van der Waals surface area contributed by atoms with Crippen molar-refractivity contribution in [3.05, 3.63) is 59.3 Å². The van der Waals surface area contributed by atoms with Crippen LogP contribution in [0, 0.1) is 0 Å². The van der Waals surface area contributed by atoms with Gasteiger partial charge in [-0.25, -0.2) is 0 Å². The summed E-state index contributed by atoms with van der Waals surface area (Å²) < 4.78 is 11.2. The molecule has 1 saturated carbocycles. The number of rotatable bonds is 4. The zero-order valence-electron chi connectivity index (χ0n) is 20.3. The molecular formula is C28H31N3O4. The number of nitrogens with zero attached hydrogens (tertiary/aromatic N) is 2. The van der Waals surface area contributed by atoms with Crippen molar-refractivity contribution >= 4 is 22.7 Å². The van der Waals surface area contributed by atoms with Crippen LogP contribution in [0.2, 0.25) is 0 Å². The molecule has 3 heterocycles. The summed E-state index contributed by atoms with van der Waals surface area (Å²) in [6.45, 7) is 0.143. The van der Waals surface area contributed by atoms with E-state index < -0.39 is 12.1 Å². The molecule has 3 aromatic rings. The van der Waals surface area contributed by atoms with Gasteiger partial charge in [0.1, 0.15) is 30.1 Å². The summed E-state index contributed by atoms with van der Waals surface area (Å²) >= 11 is 0. The van der Waals surface area contributed by atoms with E-state index in [1.807, 2.05) is 46.2 Å². The molecule has 1 unspecified atom stereocenters. The van der Waals surface area contributed by atoms with Gasteiger partial charge in [-0.05, 0) is 36.6 Å². The minimum absolute atomic E-state index is 0.00708. The van der Waals surface area contributed by atoms with Gasteiger partial charge in [0.25, 0.3) is 0 Å². The molecule has 3 aliphatic rings. The van der Waals surface area contributed by atoms with Crippen LogP contribution in [0.3, 0.4) is 0 Å². The SMILES string of the molecule is COc1ccc(C2c3[nH]c4ccccc4c3C[C@H]3C(=O)N(C4CCCCC4)CC(=O)N23)c(OC)c1. The predicted octanol–water partition coefficient (Wildman–Crippen LogP) is 4.20. The number of benzene rings is 2. The van der Waals surface area contributed by atoms with Crippen LogP contribution < -0.4 is 9.47 Å². The van der Waals surface area contributed by atoms with Crippen LogP contribution in [-0.4, -0.2) is 59.4 Å². The summed E-state index contributed by atoms with van der Waals surface area (Å²) in [5.41, 5.74) is 3.92. The Morgan fingerprint density at radius 2 is 1.77 bits per heavy atom. The quantitative estimate of drug-likeness (QED) is 0.616. The molecule has 0 radical (unpaired) electrons. The summed E-state index contributed by atoms with van der Waals surface area (Å²) in [7, 11) is 3.24. The Bertz CT molecular complexity index is 1290. The number of hydrogen-bond acceptors (Lipinski definition) is 4. The molecule has 2 amide bonds. The highest BCUT2D eigenvalue weighted by atomic mass is 16.5.